The second-order valence-corrected chi connectivity index (χ2v) is 6.92. The van der Waals surface area contributed by atoms with Crippen LogP contribution >= 0.6 is 0 Å². The molecule has 4 rings (SSSR count). The van der Waals surface area contributed by atoms with Gasteiger partial charge in [-0.05, 0) is 48.2 Å². The summed E-state index contributed by atoms with van der Waals surface area (Å²) < 4.78 is 10.4. The molecule has 0 radical (unpaired) electrons. The third-order valence-electron chi connectivity index (χ3n) is 5.16. The highest BCUT2D eigenvalue weighted by molar-refractivity contribution is 6.43. The number of ether oxygens (including phenoxy) is 2. The van der Waals surface area contributed by atoms with Gasteiger partial charge in [0.2, 0.25) is 5.91 Å². The number of amides is 3. The van der Waals surface area contributed by atoms with Crippen molar-refractivity contribution >= 4 is 34.8 Å². The minimum Gasteiger partial charge on any atom is -0.493 e. The van der Waals surface area contributed by atoms with Crippen LogP contribution in [0.4, 0.5) is 17.1 Å². The summed E-state index contributed by atoms with van der Waals surface area (Å²) in [6.07, 6.45) is 1.85. The van der Waals surface area contributed by atoms with Gasteiger partial charge in [-0.2, -0.15) is 0 Å². The van der Waals surface area contributed by atoms with Crippen molar-refractivity contribution in [3.63, 3.8) is 0 Å². The molecule has 2 aliphatic heterocycles. The first-order valence-electron chi connectivity index (χ1n) is 9.30. The largest absolute Gasteiger partial charge is 0.493 e. The van der Waals surface area contributed by atoms with E-state index in [9.17, 15) is 14.4 Å². The molecule has 150 valence electrons. The Morgan fingerprint density at radius 2 is 1.52 bits per heavy atom. The fraction of sp³-hybridized carbons (Fsp3) is 0.286. The van der Waals surface area contributed by atoms with Gasteiger partial charge < -0.3 is 25.0 Å². The van der Waals surface area contributed by atoms with Crippen molar-refractivity contribution in [2.45, 2.75) is 19.3 Å². The number of carbonyl (C=O) groups excluding carboxylic acids is 3. The van der Waals surface area contributed by atoms with E-state index in [4.69, 9.17) is 9.47 Å². The maximum Gasteiger partial charge on any atom is 0.314 e. The summed E-state index contributed by atoms with van der Waals surface area (Å²) in [7, 11) is 3.01. The van der Waals surface area contributed by atoms with Crippen LogP contribution < -0.4 is 25.0 Å². The molecular weight excluding hydrogens is 374 g/mol. The third kappa shape index (κ3) is 3.49. The molecule has 0 atom stereocenters. The monoisotopic (exact) mass is 395 g/mol. The number of carbonyl (C=O) groups is 3. The molecule has 8 nitrogen and oxygen atoms in total. The number of rotatable bonds is 4. The average molecular weight is 395 g/mol. The van der Waals surface area contributed by atoms with Crippen LogP contribution in [0.5, 0.6) is 11.5 Å². The van der Waals surface area contributed by atoms with E-state index in [1.807, 2.05) is 17.0 Å². The Labute approximate surface area is 167 Å². The highest BCUT2D eigenvalue weighted by Crippen LogP contribution is 2.38. The van der Waals surface area contributed by atoms with E-state index < -0.39 is 11.8 Å². The molecule has 0 aliphatic carbocycles. The molecule has 3 amide bonds. The van der Waals surface area contributed by atoms with Crippen LogP contribution in [-0.2, 0) is 27.2 Å². The molecule has 0 spiro atoms. The Morgan fingerprint density at radius 3 is 2.21 bits per heavy atom. The number of hydrogen-bond donors (Lipinski definition) is 2. The van der Waals surface area contributed by atoms with Crippen molar-refractivity contribution in [1.82, 2.24) is 0 Å². The zero-order chi connectivity index (χ0) is 20.5. The predicted octanol–water partition coefficient (Wildman–Crippen LogP) is 2.12. The smallest absolute Gasteiger partial charge is 0.314 e. The second kappa shape index (κ2) is 7.46. The molecule has 0 saturated carbocycles. The predicted molar refractivity (Wildman–Crippen MR) is 108 cm³/mol. The maximum atomic E-state index is 12.4. The lowest BCUT2D eigenvalue weighted by atomic mass is 9.98. The Hall–Kier alpha value is -3.55. The SMILES string of the molecule is COc1ccc(NC(=O)C(=O)Nc2cc3c4c(c2)CCN4C(=O)CC3)cc1OC. The molecule has 0 saturated heterocycles. The van der Waals surface area contributed by atoms with E-state index in [1.54, 1.807) is 18.2 Å². The molecular formula is C21H21N3O5. The zero-order valence-electron chi connectivity index (χ0n) is 16.2. The van der Waals surface area contributed by atoms with Crippen molar-refractivity contribution < 1.29 is 23.9 Å². The topological polar surface area (TPSA) is 97.0 Å². The number of nitrogens with one attached hydrogen (secondary N) is 2. The normalized spacial score (nSPS) is 14.3. The van der Waals surface area contributed by atoms with Gasteiger partial charge in [0.05, 0.1) is 19.9 Å². The number of aryl methyl sites for hydroxylation is 1. The Balaban J connectivity index is 1.47. The van der Waals surface area contributed by atoms with Crippen LogP contribution in [0.2, 0.25) is 0 Å². The van der Waals surface area contributed by atoms with Crippen LogP contribution in [0, 0.1) is 0 Å². The molecule has 0 aromatic heterocycles. The van der Waals surface area contributed by atoms with Crippen molar-refractivity contribution in [2.75, 3.05) is 36.3 Å². The molecule has 2 heterocycles. The Kier molecular flexibility index (Phi) is 4.84. The molecule has 0 bridgehead atoms. The van der Waals surface area contributed by atoms with Gasteiger partial charge in [0, 0.05) is 30.4 Å². The van der Waals surface area contributed by atoms with Crippen LogP contribution in [0.25, 0.3) is 0 Å². The first kappa shape index (κ1) is 18.8. The van der Waals surface area contributed by atoms with E-state index in [2.05, 4.69) is 10.6 Å². The van der Waals surface area contributed by atoms with Crippen LogP contribution in [0.1, 0.15) is 17.5 Å². The zero-order valence-corrected chi connectivity index (χ0v) is 16.2. The number of benzene rings is 2. The summed E-state index contributed by atoms with van der Waals surface area (Å²) in [5.41, 5.74) is 3.98. The van der Waals surface area contributed by atoms with Gasteiger partial charge in [0.15, 0.2) is 11.5 Å². The number of anilines is 3. The minimum atomic E-state index is -0.789. The van der Waals surface area contributed by atoms with Crippen LogP contribution in [0.3, 0.4) is 0 Å². The van der Waals surface area contributed by atoms with Crippen molar-refractivity contribution in [2.24, 2.45) is 0 Å². The standard InChI is InChI=1S/C21H21N3O5/c1-28-16-5-4-14(11-17(16)29-2)22-20(26)21(27)23-15-9-12-3-6-18(25)24-8-7-13(10-15)19(12)24/h4-5,9-11H,3,6-8H2,1-2H3,(H,22,26)(H,23,27). The van der Waals surface area contributed by atoms with Gasteiger partial charge >= 0.3 is 11.8 Å². The van der Waals surface area contributed by atoms with E-state index in [1.165, 1.54) is 14.2 Å². The lowest BCUT2D eigenvalue weighted by Crippen LogP contribution is -2.33. The molecule has 2 aliphatic rings. The number of methoxy groups -OCH3 is 2. The van der Waals surface area contributed by atoms with Gasteiger partial charge in [-0.15, -0.1) is 0 Å². The quantitative estimate of drug-likeness (QED) is 0.773. The van der Waals surface area contributed by atoms with Gasteiger partial charge in [-0.3, -0.25) is 14.4 Å². The second-order valence-electron chi connectivity index (χ2n) is 6.92. The van der Waals surface area contributed by atoms with E-state index in [0.717, 1.165) is 23.2 Å². The molecule has 2 aromatic rings. The summed E-state index contributed by atoms with van der Waals surface area (Å²) >= 11 is 0. The molecule has 29 heavy (non-hydrogen) atoms. The highest BCUT2D eigenvalue weighted by atomic mass is 16.5. The lowest BCUT2D eigenvalue weighted by molar-refractivity contribution is -0.133. The van der Waals surface area contributed by atoms with E-state index in [-0.39, 0.29) is 5.91 Å². The van der Waals surface area contributed by atoms with Gasteiger partial charge in [0.1, 0.15) is 0 Å². The Morgan fingerprint density at radius 1 is 0.862 bits per heavy atom. The lowest BCUT2D eigenvalue weighted by Gasteiger charge is -2.25. The fourth-order valence-corrected chi connectivity index (χ4v) is 3.82. The van der Waals surface area contributed by atoms with E-state index in [0.29, 0.717) is 42.3 Å². The van der Waals surface area contributed by atoms with Crippen LogP contribution in [-0.4, -0.2) is 38.5 Å². The first-order valence-corrected chi connectivity index (χ1v) is 9.30. The van der Waals surface area contributed by atoms with Gasteiger partial charge in [-0.1, -0.05) is 0 Å². The third-order valence-corrected chi connectivity index (χ3v) is 5.16. The van der Waals surface area contributed by atoms with Crippen molar-refractivity contribution in [3.8, 4) is 11.5 Å². The average Bonchev–Trinajstić information content (AvgIpc) is 3.15. The number of nitrogens with zero attached hydrogens (tertiary/aromatic N) is 1. The van der Waals surface area contributed by atoms with E-state index >= 15 is 0 Å². The van der Waals surface area contributed by atoms with Gasteiger partial charge in [-0.25, -0.2) is 0 Å². The maximum absolute atomic E-state index is 12.4. The summed E-state index contributed by atoms with van der Waals surface area (Å²) in [6, 6.07) is 8.52. The van der Waals surface area contributed by atoms with Crippen molar-refractivity contribution in [1.29, 1.82) is 0 Å². The van der Waals surface area contributed by atoms with Gasteiger partial charge in [0.25, 0.3) is 0 Å². The van der Waals surface area contributed by atoms with Crippen molar-refractivity contribution in [3.05, 3.63) is 41.5 Å². The molecule has 8 heteroatoms. The molecule has 0 fully saturated rings. The Bertz CT molecular complexity index is 1020. The highest BCUT2D eigenvalue weighted by Gasteiger charge is 2.31. The molecule has 2 N–H and O–H groups in total. The minimum absolute atomic E-state index is 0.141. The summed E-state index contributed by atoms with van der Waals surface area (Å²) in [5, 5.41) is 5.21. The summed E-state index contributed by atoms with van der Waals surface area (Å²) in [4.78, 5) is 38.5. The number of hydrogen-bond acceptors (Lipinski definition) is 5. The molecule has 0 unspecified atom stereocenters. The molecule has 2 aromatic carbocycles. The summed E-state index contributed by atoms with van der Waals surface area (Å²) in [5.74, 6) is -0.448. The summed E-state index contributed by atoms with van der Waals surface area (Å²) in [6.45, 7) is 0.665. The van der Waals surface area contributed by atoms with Crippen LogP contribution in [0.15, 0.2) is 30.3 Å². The fourth-order valence-electron chi connectivity index (χ4n) is 3.82. The first-order chi connectivity index (χ1) is 14.0.